The molecule has 0 bridgehead atoms. The van der Waals surface area contributed by atoms with Crippen molar-refractivity contribution in [3.05, 3.63) is 42.2 Å². The normalized spacial score (nSPS) is 18.3. The number of hydrogen-bond donors (Lipinski definition) is 0. The molecular formula is C18H21NO2. The molecule has 1 aromatic heterocycles. The first-order valence-electron chi connectivity index (χ1n) is 7.69. The van der Waals surface area contributed by atoms with Crippen molar-refractivity contribution in [1.82, 2.24) is 4.98 Å². The Morgan fingerprint density at radius 3 is 2.62 bits per heavy atom. The fraction of sp³-hybridized carbons (Fsp3) is 0.444. The third-order valence-corrected chi connectivity index (χ3v) is 4.64. The highest BCUT2D eigenvalue weighted by Gasteiger charge is 2.39. The number of carbonyl (C=O) groups excluding carboxylic acids is 1. The van der Waals surface area contributed by atoms with E-state index in [9.17, 15) is 4.79 Å². The molecule has 1 aromatic carbocycles. The first kappa shape index (κ1) is 14.2. The fourth-order valence-corrected chi connectivity index (χ4v) is 3.38. The second kappa shape index (κ2) is 5.94. The highest BCUT2D eigenvalue weighted by molar-refractivity contribution is 6.11. The molecule has 2 aromatic rings. The zero-order valence-corrected chi connectivity index (χ0v) is 12.5. The van der Waals surface area contributed by atoms with Gasteiger partial charge in [0.2, 0.25) is 0 Å². The van der Waals surface area contributed by atoms with Gasteiger partial charge in [0.25, 0.3) is 0 Å². The lowest BCUT2D eigenvalue weighted by atomic mass is 9.84. The Morgan fingerprint density at radius 1 is 1.14 bits per heavy atom. The number of ketones is 1. The maximum atomic E-state index is 13.2. The third-order valence-electron chi connectivity index (χ3n) is 4.64. The van der Waals surface area contributed by atoms with Crippen LogP contribution in [0, 0.1) is 0 Å². The number of carbonyl (C=O) groups is 1. The second-order valence-electron chi connectivity index (χ2n) is 5.84. The Hall–Kier alpha value is -1.74. The molecule has 3 heteroatoms. The maximum Gasteiger partial charge on any atom is 0.195 e. The quantitative estimate of drug-likeness (QED) is 0.627. The number of Topliss-reactive ketones (excluding diaryl/α,β-unsaturated/α-hetero) is 1. The van der Waals surface area contributed by atoms with Crippen molar-refractivity contribution in [1.29, 1.82) is 0 Å². The molecule has 0 atom stereocenters. The molecule has 21 heavy (non-hydrogen) atoms. The SMILES string of the molecule is COC1(C(=O)c2cccc3ccncc23)CCCCCC1. The van der Waals surface area contributed by atoms with Crippen LogP contribution in [0.4, 0.5) is 0 Å². The van der Waals surface area contributed by atoms with E-state index >= 15 is 0 Å². The lowest BCUT2D eigenvalue weighted by Gasteiger charge is -2.30. The Bertz CT molecular complexity index is 637. The van der Waals surface area contributed by atoms with E-state index in [1.165, 1.54) is 12.8 Å². The van der Waals surface area contributed by atoms with E-state index in [0.29, 0.717) is 0 Å². The van der Waals surface area contributed by atoms with Crippen LogP contribution in [0.5, 0.6) is 0 Å². The van der Waals surface area contributed by atoms with Gasteiger partial charge in [0.15, 0.2) is 5.78 Å². The van der Waals surface area contributed by atoms with E-state index in [2.05, 4.69) is 4.98 Å². The molecule has 3 nitrogen and oxygen atoms in total. The zero-order chi connectivity index (χ0) is 14.7. The Labute approximate surface area is 125 Å². The average Bonchev–Trinajstić information content (AvgIpc) is 2.80. The van der Waals surface area contributed by atoms with Gasteiger partial charge in [0.1, 0.15) is 5.60 Å². The predicted molar refractivity (Wildman–Crippen MR) is 83.5 cm³/mol. The van der Waals surface area contributed by atoms with Gasteiger partial charge in [-0.15, -0.1) is 0 Å². The van der Waals surface area contributed by atoms with Crippen molar-refractivity contribution in [2.24, 2.45) is 0 Å². The molecule has 0 spiro atoms. The van der Waals surface area contributed by atoms with Crippen molar-refractivity contribution in [3.8, 4) is 0 Å². The van der Waals surface area contributed by atoms with E-state index < -0.39 is 5.60 Å². The number of methoxy groups -OCH3 is 1. The summed E-state index contributed by atoms with van der Waals surface area (Å²) in [5, 5.41) is 1.97. The number of rotatable bonds is 3. The summed E-state index contributed by atoms with van der Waals surface area (Å²) >= 11 is 0. The van der Waals surface area contributed by atoms with Crippen molar-refractivity contribution in [2.45, 2.75) is 44.1 Å². The summed E-state index contributed by atoms with van der Waals surface area (Å²) in [6.07, 6.45) is 9.67. The molecule has 110 valence electrons. The summed E-state index contributed by atoms with van der Waals surface area (Å²) in [5.41, 5.74) is 0.0880. The number of hydrogen-bond acceptors (Lipinski definition) is 3. The summed E-state index contributed by atoms with van der Waals surface area (Å²) in [7, 11) is 1.67. The molecule has 0 amide bonds. The van der Waals surface area contributed by atoms with Crippen molar-refractivity contribution < 1.29 is 9.53 Å². The van der Waals surface area contributed by atoms with Gasteiger partial charge in [-0.1, -0.05) is 43.9 Å². The second-order valence-corrected chi connectivity index (χ2v) is 5.84. The van der Waals surface area contributed by atoms with Crippen LogP contribution in [0.15, 0.2) is 36.7 Å². The van der Waals surface area contributed by atoms with Gasteiger partial charge in [-0.2, -0.15) is 0 Å². The maximum absolute atomic E-state index is 13.2. The molecule has 1 fully saturated rings. The van der Waals surface area contributed by atoms with Gasteiger partial charge >= 0.3 is 0 Å². The molecule has 1 aliphatic carbocycles. The van der Waals surface area contributed by atoms with Crippen LogP contribution < -0.4 is 0 Å². The average molecular weight is 283 g/mol. The number of fused-ring (bicyclic) bond motifs is 1. The lowest BCUT2D eigenvalue weighted by molar-refractivity contribution is -0.00678. The van der Waals surface area contributed by atoms with E-state index in [-0.39, 0.29) is 5.78 Å². The molecule has 1 heterocycles. The molecule has 0 N–H and O–H groups in total. The Balaban J connectivity index is 2.06. The van der Waals surface area contributed by atoms with Crippen LogP contribution in [-0.4, -0.2) is 23.5 Å². The molecular weight excluding hydrogens is 262 g/mol. The highest BCUT2D eigenvalue weighted by Crippen LogP contribution is 2.34. The van der Waals surface area contributed by atoms with Crippen molar-refractivity contribution in [2.75, 3.05) is 7.11 Å². The van der Waals surface area contributed by atoms with Crippen molar-refractivity contribution >= 4 is 16.6 Å². The summed E-state index contributed by atoms with van der Waals surface area (Å²) in [6.45, 7) is 0. The molecule has 0 aliphatic heterocycles. The largest absolute Gasteiger partial charge is 0.370 e. The number of aromatic nitrogens is 1. The smallest absolute Gasteiger partial charge is 0.195 e. The third kappa shape index (κ3) is 2.58. The van der Waals surface area contributed by atoms with Crippen LogP contribution in [0.25, 0.3) is 10.8 Å². The molecule has 0 saturated heterocycles. The number of ether oxygens (including phenoxy) is 1. The van der Waals surface area contributed by atoms with Crippen LogP contribution in [0.2, 0.25) is 0 Å². The van der Waals surface area contributed by atoms with Crippen molar-refractivity contribution in [3.63, 3.8) is 0 Å². The van der Waals surface area contributed by atoms with Gasteiger partial charge in [0.05, 0.1) is 0 Å². The standard InChI is InChI=1S/C18H21NO2/c1-21-18(10-4-2-3-5-11-18)17(20)15-8-6-7-14-9-12-19-13-16(14)15/h6-9,12-13H,2-5,10-11H2,1H3. The minimum Gasteiger partial charge on any atom is -0.370 e. The lowest BCUT2D eigenvalue weighted by Crippen LogP contribution is -2.40. The minimum absolute atomic E-state index is 0.116. The first-order chi connectivity index (χ1) is 10.3. The monoisotopic (exact) mass is 283 g/mol. The van der Waals surface area contributed by atoms with Crippen LogP contribution in [-0.2, 0) is 4.74 Å². The van der Waals surface area contributed by atoms with E-state index in [1.807, 2.05) is 24.3 Å². The Morgan fingerprint density at radius 2 is 1.90 bits per heavy atom. The van der Waals surface area contributed by atoms with Crippen LogP contribution in [0.3, 0.4) is 0 Å². The molecule has 1 saturated carbocycles. The summed E-state index contributed by atoms with van der Waals surface area (Å²) in [6, 6.07) is 7.80. The topological polar surface area (TPSA) is 39.2 Å². The minimum atomic E-state index is -0.652. The summed E-state index contributed by atoms with van der Waals surface area (Å²) in [4.78, 5) is 17.3. The molecule has 0 radical (unpaired) electrons. The predicted octanol–water partition coefficient (Wildman–Crippen LogP) is 4.16. The number of nitrogens with zero attached hydrogens (tertiary/aromatic N) is 1. The molecule has 1 aliphatic rings. The van der Waals surface area contributed by atoms with Gasteiger partial charge in [0, 0.05) is 30.5 Å². The van der Waals surface area contributed by atoms with E-state index in [4.69, 9.17) is 4.74 Å². The summed E-state index contributed by atoms with van der Waals surface area (Å²) < 4.78 is 5.75. The van der Waals surface area contributed by atoms with Gasteiger partial charge in [-0.3, -0.25) is 9.78 Å². The number of benzene rings is 1. The van der Waals surface area contributed by atoms with Gasteiger partial charge in [-0.05, 0) is 24.3 Å². The van der Waals surface area contributed by atoms with E-state index in [1.54, 1.807) is 19.5 Å². The highest BCUT2D eigenvalue weighted by atomic mass is 16.5. The number of pyridine rings is 1. The zero-order valence-electron chi connectivity index (χ0n) is 12.5. The van der Waals surface area contributed by atoms with Crippen LogP contribution >= 0.6 is 0 Å². The first-order valence-corrected chi connectivity index (χ1v) is 7.69. The molecule has 0 unspecified atom stereocenters. The van der Waals surface area contributed by atoms with Crippen LogP contribution in [0.1, 0.15) is 48.9 Å². The van der Waals surface area contributed by atoms with Gasteiger partial charge in [-0.25, -0.2) is 0 Å². The molecule has 3 rings (SSSR count). The van der Waals surface area contributed by atoms with E-state index in [0.717, 1.165) is 42.0 Å². The fourth-order valence-electron chi connectivity index (χ4n) is 3.38. The van der Waals surface area contributed by atoms with Gasteiger partial charge < -0.3 is 4.74 Å². The Kier molecular flexibility index (Phi) is 4.02. The summed E-state index contributed by atoms with van der Waals surface area (Å²) in [5.74, 6) is 0.116.